The Hall–Kier alpha value is -4.91. The number of aryl methyl sites for hydroxylation is 1. The quantitative estimate of drug-likeness (QED) is 0.211. The van der Waals surface area contributed by atoms with Crippen LogP contribution >= 0.6 is 0 Å². The second kappa shape index (κ2) is 9.99. The number of anilines is 3. The minimum Gasteiger partial charge on any atom is -0.505 e. The van der Waals surface area contributed by atoms with Crippen LogP contribution in [0.15, 0.2) is 96.1 Å². The second-order valence-electron chi connectivity index (χ2n) is 8.73. The highest BCUT2D eigenvalue weighted by atomic mass is 16.4. The van der Waals surface area contributed by atoms with Crippen molar-refractivity contribution < 1.29 is 19.8 Å². The molecule has 0 aromatic heterocycles. The Labute approximate surface area is 214 Å². The van der Waals surface area contributed by atoms with E-state index in [1.54, 1.807) is 35.2 Å². The normalized spacial score (nSPS) is 13.6. The van der Waals surface area contributed by atoms with Gasteiger partial charge >= 0.3 is 5.97 Å². The number of hydrogen-bond acceptors (Lipinski definition) is 5. The zero-order valence-electron chi connectivity index (χ0n) is 20.2. The fraction of sp³-hybridized carbons (Fsp3) is 0.100. The van der Waals surface area contributed by atoms with Crippen molar-refractivity contribution in [2.75, 3.05) is 10.3 Å². The number of carboxylic acids is 1. The van der Waals surface area contributed by atoms with E-state index in [1.165, 1.54) is 17.7 Å². The van der Waals surface area contributed by atoms with Crippen molar-refractivity contribution in [1.29, 1.82) is 0 Å². The first-order valence-electron chi connectivity index (χ1n) is 12.0. The summed E-state index contributed by atoms with van der Waals surface area (Å²) in [7, 11) is 0. The molecule has 0 radical (unpaired) electrons. The highest BCUT2D eigenvalue weighted by molar-refractivity contribution is 6.55. The van der Waals surface area contributed by atoms with E-state index < -0.39 is 5.97 Å². The molecule has 0 saturated carbocycles. The van der Waals surface area contributed by atoms with Gasteiger partial charge in [-0.1, -0.05) is 67.9 Å². The van der Waals surface area contributed by atoms with Crippen LogP contribution in [0.25, 0.3) is 11.1 Å². The van der Waals surface area contributed by atoms with Gasteiger partial charge in [0, 0.05) is 16.8 Å². The molecule has 1 amide bonds. The number of hydrazone groups is 1. The molecule has 7 heteroatoms. The van der Waals surface area contributed by atoms with Crippen LogP contribution in [0.2, 0.25) is 0 Å². The van der Waals surface area contributed by atoms with Gasteiger partial charge in [-0.05, 0) is 53.9 Å². The number of carboxylic acid groups (broad SMARTS) is 1. The summed E-state index contributed by atoms with van der Waals surface area (Å²) < 4.78 is 0. The highest BCUT2D eigenvalue weighted by Gasteiger charge is 2.35. The van der Waals surface area contributed by atoms with Crippen molar-refractivity contribution in [3.8, 4) is 16.9 Å². The van der Waals surface area contributed by atoms with Crippen LogP contribution in [0.3, 0.4) is 0 Å². The Morgan fingerprint density at radius 3 is 2.30 bits per heavy atom. The number of carbonyl (C=O) groups is 2. The first-order chi connectivity index (χ1) is 18.0. The molecule has 0 bridgehead atoms. The summed E-state index contributed by atoms with van der Waals surface area (Å²) in [5.74, 6) is -1.34. The molecule has 3 N–H and O–H groups in total. The van der Waals surface area contributed by atoms with Crippen molar-refractivity contribution in [3.05, 3.63) is 108 Å². The Kier molecular flexibility index (Phi) is 6.43. The van der Waals surface area contributed by atoms with E-state index in [0.29, 0.717) is 22.4 Å². The lowest BCUT2D eigenvalue weighted by atomic mass is 10.0. The van der Waals surface area contributed by atoms with Gasteiger partial charge in [-0.2, -0.15) is 5.10 Å². The van der Waals surface area contributed by atoms with Crippen molar-refractivity contribution in [2.24, 2.45) is 5.10 Å². The van der Waals surface area contributed by atoms with Crippen LogP contribution in [0.1, 0.15) is 34.8 Å². The van der Waals surface area contributed by atoms with E-state index in [2.05, 4.69) is 17.5 Å². The van der Waals surface area contributed by atoms with E-state index in [9.17, 15) is 14.7 Å². The molecule has 7 nitrogen and oxygen atoms in total. The third-order valence-electron chi connectivity index (χ3n) is 6.31. The van der Waals surface area contributed by atoms with Gasteiger partial charge in [-0.15, -0.1) is 0 Å². The number of nitrogens with one attached hydrogen (secondary N) is 1. The summed E-state index contributed by atoms with van der Waals surface area (Å²) in [5, 5.41) is 24.5. The smallest absolute Gasteiger partial charge is 0.335 e. The molecule has 1 heterocycles. The summed E-state index contributed by atoms with van der Waals surface area (Å²) >= 11 is 0. The van der Waals surface area contributed by atoms with Crippen LogP contribution in [-0.2, 0) is 11.2 Å². The fourth-order valence-corrected chi connectivity index (χ4v) is 4.44. The Balaban J connectivity index is 1.45. The molecule has 37 heavy (non-hydrogen) atoms. The minimum absolute atomic E-state index is 0.0583. The first-order valence-corrected chi connectivity index (χ1v) is 12.0. The second-order valence-corrected chi connectivity index (χ2v) is 8.73. The van der Waals surface area contributed by atoms with Crippen LogP contribution in [0.4, 0.5) is 17.1 Å². The van der Waals surface area contributed by atoms with E-state index >= 15 is 0 Å². The van der Waals surface area contributed by atoms with E-state index in [1.807, 2.05) is 48.5 Å². The SMILES string of the molecule is CCCc1ccc(N2C(=O)/C(=N\Nc3cccc(-c4ccc(C(=O)O)cc4)c3O)c3ccccc32)cc1. The molecule has 0 fully saturated rings. The van der Waals surface area contributed by atoms with E-state index in [0.717, 1.165) is 24.2 Å². The van der Waals surface area contributed by atoms with Crippen molar-refractivity contribution in [1.82, 2.24) is 0 Å². The summed E-state index contributed by atoms with van der Waals surface area (Å²) in [6.45, 7) is 2.13. The molecular weight excluding hydrogens is 466 g/mol. The summed E-state index contributed by atoms with van der Waals surface area (Å²) in [6.07, 6.45) is 2.03. The maximum Gasteiger partial charge on any atom is 0.335 e. The topological polar surface area (TPSA) is 102 Å². The standard InChI is InChI=1S/C30H25N3O4/c1-2-6-19-11-17-22(18-12-19)33-26-10-4-3-7-24(26)27(29(33)35)32-31-25-9-5-8-23(28(25)34)20-13-15-21(16-14-20)30(36)37/h3-5,7-18,31,34H,2,6H2,1H3,(H,36,37)/b32-27-. The van der Waals surface area contributed by atoms with Gasteiger partial charge in [0.2, 0.25) is 0 Å². The molecule has 1 aliphatic heterocycles. The van der Waals surface area contributed by atoms with E-state index in [-0.39, 0.29) is 22.9 Å². The highest BCUT2D eigenvalue weighted by Crippen LogP contribution is 2.38. The predicted octanol–water partition coefficient (Wildman–Crippen LogP) is 6.20. The Bertz CT molecular complexity index is 1510. The van der Waals surface area contributed by atoms with Gasteiger partial charge in [0.15, 0.2) is 5.71 Å². The number of carbonyl (C=O) groups excluding carboxylic acids is 1. The van der Waals surface area contributed by atoms with Gasteiger partial charge in [0.05, 0.1) is 16.9 Å². The number of fused-ring (bicyclic) bond motifs is 1. The van der Waals surface area contributed by atoms with E-state index in [4.69, 9.17) is 5.11 Å². The third-order valence-corrected chi connectivity index (χ3v) is 6.31. The third kappa shape index (κ3) is 4.54. The van der Waals surface area contributed by atoms with Gasteiger partial charge in [0.25, 0.3) is 5.91 Å². The van der Waals surface area contributed by atoms with Crippen molar-refractivity contribution >= 4 is 34.7 Å². The van der Waals surface area contributed by atoms with Gasteiger partial charge < -0.3 is 10.2 Å². The lowest BCUT2D eigenvalue weighted by Crippen LogP contribution is -2.26. The molecule has 0 saturated heterocycles. The number of hydrogen-bond donors (Lipinski definition) is 3. The predicted molar refractivity (Wildman–Crippen MR) is 145 cm³/mol. The molecule has 0 spiro atoms. The number of phenolic OH excluding ortho intramolecular Hbond substituents is 1. The summed E-state index contributed by atoms with van der Waals surface area (Å²) in [6, 6.07) is 26.8. The number of nitrogens with zero attached hydrogens (tertiary/aromatic N) is 2. The monoisotopic (exact) mass is 491 g/mol. The number of rotatable bonds is 7. The molecule has 4 aromatic carbocycles. The zero-order chi connectivity index (χ0) is 25.9. The maximum atomic E-state index is 13.5. The molecular formula is C30H25N3O4. The number of benzene rings is 4. The van der Waals surface area contributed by atoms with Crippen LogP contribution in [-0.4, -0.2) is 27.8 Å². The van der Waals surface area contributed by atoms with Gasteiger partial charge in [-0.25, -0.2) is 4.79 Å². The summed E-state index contributed by atoms with van der Waals surface area (Å²) in [4.78, 5) is 26.3. The zero-order valence-corrected chi connectivity index (χ0v) is 20.2. The average Bonchev–Trinajstić information content (AvgIpc) is 3.20. The van der Waals surface area contributed by atoms with Crippen LogP contribution < -0.4 is 10.3 Å². The van der Waals surface area contributed by atoms with Gasteiger partial charge in [-0.3, -0.25) is 15.1 Å². The molecule has 1 aliphatic rings. The summed E-state index contributed by atoms with van der Waals surface area (Å²) in [5.41, 5.74) is 8.15. The van der Waals surface area contributed by atoms with Crippen LogP contribution in [0.5, 0.6) is 5.75 Å². The van der Waals surface area contributed by atoms with Gasteiger partial charge in [0.1, 0.15) is 5.75 Å². The number of aromatic carboxylic acids is 1. The molecule has 0 atom stereocenters. The fourth-order valence-electron chi connectivity index (χ4n) is 4.44. The molecule has 5 rings (SSSR count). The molecule has 0 aliphatic carbocycles. The molecule has 184 valence electrons. The molecule has 4 aromatic rings. The first kappa shape index (κ1) is 23.8. The lowest BCUT2D eigenvalue weighted by Gasteiger charge is -2.17. The van der Waals surface area contributed by atoms with Crippen molar-refractivity contribution in [3.63, 3.8) is 0 Å². The average molecular weight is 492 g/mol. The lowest BCUT2D eigenvalue weighted by molar-refractivity contribution is -0.111. The van der Waals surface area contributed by atoms with Crippen molar-refractivity contribution in [2.45, 2.75) is 19.8 Å². The number of amides is 1. The molecule has 0 unspecified atom stereocenters. The maximum absolute atomic E-state index is 13.5. The largest absolute Gasteiger partial charge is 0.505 e. The Morgan fingerprint density at radius 1 is 0.892 bits per heavy atom. The number of aromatic hydroxyl groups is 1. The number of phenols is 1. The minimum atomic E-state index is -1.02. The van der Waals surface area contributed by atoms with Crippen LogP contribution in [0, 0.1) is 0 Å². The Morgan fingerprint density at radius 2 is 1.59 bits per heavy atom. The number of para-hydroxylation sites is 2.